The fourth-order valence-corrected chi connectivity index (χ4v) is 1.03. The molecule has 0 aliphatic heterocycles. The van der Waals surface area contributed by atoms with Crippen LogP contribution < -0.4 is 5.32 Å². The number of ether oxygens (including phenoxy) is 1. The van der Waals surface area contributed by atoms with Crippen molar-refractivity contribution in [3.8, 4) is 0 Å². The van der Waals surface area contributed by atoms with E-state index in [0.29, 0.717) is 5.92 Å². The van der Waals surface area contributed by atoms with Crippen molar-refractivity contribution in [1.29, 1.82) is 0 Å². The van der Waals surface area contributed by atoms with Crippen molar-refractivity contribution in [3.05, 3.63) is 0 Å². The van der Waals surface area contributed by atoms with Crippen LogP contribution >= 0.6 is 0 Å². The zero-order valence-electron chi connectivity index (χ0n) is 7.76. The Labute approximate surface area is 68.1 Å². The standard InChI is InChI=1S/C8H17NO2/c1-6(2)5-7(9-3)8(10)11-4/h6-7,9H,5H2,1-4H3/p+1. The summed E-state index contributed by atoms with van der Waals surface area (Å²) in [5.74, 6) is 0.413. The van der Waals surface area contributed by atoms with Crippen LogP contribution in [-0.2, 0) is 9.53 Å². The van der Waals surface area contributed by atoms with E-state index in [1.807, 2.05) is 12.4 Å². The van der Waals surface area contributed by atoms with Crippen LogP contribution in [0.25, 0.3) is 0 Å². The quantitative estimate of drug-likeness (QED) is 0.577. The molecule has 2 N–H and O–H groups in total. The fraction of sp³-hybridized carbons (Fsp3) is 0.875. The van der Waals surface area contributed by atoms with Crippen LogP contribution in [0.15, 0.2) is 0 Å². The van der Waals surface area contributed by atoms with Gasteiger partial charge >= 0.3 is 5.97 Å². The molecule has 0 rings (SSSR count). The topological polar surface area (TPSA) is 42.9 Å². The third-order valence-electron chi connectivity index (χ3n) is 1.63. The van der Waals surface area contributed by atoms with Gasteiger partial charge in [-0.3, -0.25) is 0 Å². The van der Waals surface area contributed by atoms with E-state index in [1.165, 1.54) is 7.11 Å². The molecule has 3 nitrogen and oxygen atoms in total. The van der Waals surface area contributed by atoms with E-state index in [-0.39, 0.29) is 12.0 Å². The minimum Gasteiger partial charge on any atom is -0.465 e. The summed E-state index contributed by atoms with van der Waals surface area (Å²) in [4.78, 5) is 11.0. The highest BCUT2D eigenvalue weighted by Crippen LogP contribution is 2.02. The second-order valence-electron chi connectivity index (χ2n) is 3.09. The van der Waals surface area contributed by atoms with E-state index in [2.05, 4.69) is 18.6 Å². The summed E-state index contributed by atoms with van der Waals surface area (Å²) in [6, 6.07) is -0.0278. The number of carbonyl (C=O) groups excluding carboxylic acids is 1. The number of quaternary nitrogens is 1. The molecule has 0 amide bonds. The van der Waals surface area contributed by atoms with Gasteiger partial charge in [-0.2, -0.15) is 0 Å². The summed E-state index contributed by atoms with van der Waals surface area (Å²) in [5, 5.41) is 1.89. The molecule has 0 aromatic carbocycles. The number of carbonyl (C=O) groups is 1. The summed E-state index contributed by atoms with van der Waals surface area (Å²) >= 11 is 0. The Balaban J connectivity index is 3.84. The minimum absolute atomic E-state index is 0.0278. The van der Waals surface area contributed by atoms with Gasteiger partial charge in [0.25, 0.3) is 0 Å². The molecule has 0 radical (unpaired) electrons. The van der Waals surface area contributed by atoms with E-state index in [4.69, 9.17) is 0 Å². The molecule has 1 atom stereocenters. The molecule has 0 saturated heterocycles. The molecule has 1 unspecified atom stereocenters. The molecule has 0 aromatic heterocycles. The van der Waals surface area contributed by atoms with Crippen molar-refractivity contribution >= 4 is 5.97 Å². The van der Waals surface area contributed by atoms with Crippen LogP contribution in [0, 0.1) is 5.92 Å². The highest BCUT2D eigenvalue weighted by molar-refractivity contribution is 5.73. The molecule has 0 saturated carbocycles. The zero-order valence-corrected chi connectivity index (χ0v) is 7.76. The van der Waals surface area contributed by atoms with E-state index in [9.17, 15) is 4.79 Å². The lowest BCUT2D eigenvalue weighted by molar-refractivity contribution is -0.653. The molecule has 0 aromatic rings. The van der Waals surface area contributed by atoms with Gasteiger partial charge in [0.05, 0.1) is 14.2 Å². The van der Waals surface area contributed by atoms with Gasteiger partial charge in [0.15, 0.2) is 6.04 Å². The smallest absolute Gasteiger partial charge is 0.364 e. The lowest BCUT2D eigenvalue weighted by atomic mass is 10.0. The van der Waals surface area contributed by atoms with Gasteiger partial charge in [-0.25, -0.2) is 4.79 Å². The Morgan fingerprint density at radius 3 is 2.36 bits per heavy atom. The molecule has 11 heavy (non-hydrogen) atoms. The first-order chi connectivity index (χ1) is 5.11. The Bertz CT molecular complexity index is 123. The molecular formula is C8H18NO2+. The summed E-state index contributed by atoms with van der Waals surface area (Å²) in [7, 11) is 3.32. The SMILES string of the molecule is C[NH2+]C(CC(C)C)C(=O)OC. The average Bonchev–Trinajstić information content (AvgIpc) is 1.98. The molecular weight excluding hydrogens is 142 g/mol. The summed E-state index contributed by atoms with van der Waals surface area (Å²) in [5.41, 5.74) is 0. The van der Waals surface area contributed by atoms with Crippen LogP contribution in [0.5, 0.6) is 0 Å². The molecule has 0 bridgehead atoms. The lowest BCUT2D eigenvalue weighted by Crippen LogP contribution is -2.88. The highest BCUT2D eigenvalue weighted by atomic mass is 16.5. The van der Waals surface area contributed by atoms with Crippen LogP contribution in [-0.4, -0.2) is 26.2 Å². The predicted molar refractivity (Wildman–Crippen MR) is 43.1 cm³/mol. The maximum atomic E-state index is 11.0. The Kier molecular flexibility index (Phi) is 4.86. The third-order valence-corrected chi connectivity index (χ3v) is 1.63. The van der Waals surface area contributed by atoms with Crippen molar-refractivity contribution in [2.45, 2.75) is 26.3 Å². The molecule has 0 aliphatic rings. The summed E-state index contributed by atoms with van der Waals surface area (Å²) < 4.78 is 4.63. The van der Waals surface area contributed by atoms with Crippen molar-refractivity contribution in [2.24, 2.45) is 5.92 Å². The number of hydrogen-bond donors (Lipinski definition) is 1. The highest BCUT2D eigenvalue weighted by Gasteiger charge is 2.21. The minimum atomic E-state index is -0.124. The van der Waals surface area contributed by atoms with Crippen molar-refractivity contribution in [3.63, 3.8) is 0 Å². The first-order valence-corrected chi connectivity index (χ1v) is 3.99. The normalized spacial score (nSPS) is 13.2. The maximum Gasteiger partial charge on any atom is 0.364 e. The number of esters is 1. The maximum absolute atomic E-state index is 11.0. The number of rotatable bonds is 4. The van der Waals surface area contributed by atoms with Gasteiger partial charge in [-0.05, 0) is 5.92 Å². The van der Waals surface area contributed by atoms with Crippen LogP contribution in [0.2, 0.25) is 0 Å². The van der Waals surface area contributed by atoms with Crippen LogP contribution in [0.3, 0.4) is 0 Å². The Hall–Kier alpha value is -0.570. The zero-order chi connectivity index (χ0) is 8.85. The lowest BCUT2D eigenvalue weighted by Gasteiger charge is -2.12. The van der Waals surface area contributed by atoms with Crippen LogP contribution in [0.4, 0.5) is 0 Å². The van der Waals surface area contributed by atoms with E-state index >= 15 is 0 Å². The van der Waals surface area contributed by atoms with E-state index in [1.54, 1.807) is 0 Å². The van der Waals surface area contributed by atoms with Crippen LogP contribution in [0.1, 0.15) is 20.3 Å². The molecule has 0 aliphatic carbocycles. The third kappa shape index (κ3) is 3.98. The number of nitrogens with two attached hydrogens (primary N) is 1. The first-order valence-electron chi connectivity index (χ1n) is 3.99. The molecule has 0 fully saturated rings. The van der Waals surface area contributed by atoms with Gasteiger partial charge in [0.2, 0.25) is 0 Å². The predicted octanol–water partition coefficient (Wildman–Crippen LogP) is -0.233. The number of hydrogen-bond acceptors (Lipinski definition) is 2. The van der Waals surface area contributed by atoms with Crippen molar-refractivity contribution < 1.29 is 14.8 Å². The monoisotopic (exact) mass is 160 g/mol. The van der Waals surface area contributed by atoms with Gasteiger partial charge in [-0.1, -0.05) is 13.8 Å². The average molecular weight is 160 g/mol. The van der Waals surface area contributed by atoms with E-state index in [0.717, 1.165) is 6.42 Å². The van der Waals surface area contributed by atoms with E-state index < -0.39 is 0 Å². The Morgan fingerprint density at radius 1 is 1.55 bits per heavy atom. The van der Waals surface area contributed by atoms with Gasteiger partial charge < -0.3 is 10.1 Å². The molecule has 0 heterocycles. The van der Waals surface area contributed by atoms with Crippen molar-refractivity contribution in [1.82, 2.24) is 0 Å². The number of methoxy groups -OCH3 is 1. The first kappa shape index (κ1) is 10.4. The van der Waals surface area contributed by atoms with Gasteiger partial charge in [0.1, 0.15) is 0 Å². The summed E-state index contributed by atoms with van der Waals surface area (Å²) in [6.45, 7) is 4.19. The molecule has 3 heteroatoms. The fourth-order valence-electron chi connectivity index (χ4n) is 1.03. The van der Waals surface area contributed by atoms with Gasteiger partial charge in [0, 0.05) is 6.42 Å². The van der Waals surface area contributed by atoms with Gasteiger partial charge in [-0.15, -0.1) is 0 Å². The second-order valence-corrected chi connectivity index (χ2v) is 3.09. The van der Waals surface area contributed by atoms with Crippen molar-refractivity contribution in [2.75, 3.05) is 14.2 Å². The number of likely N-dealkylation sites (N-methyl/N-ethyl adjacent to an activating group) is 1. The summed E-state index contributed by atoms with van der Waals surface area (Å²) in [6.07, 6.45) is 0.878. The molecule has 66 valence electrons. The molecule has 0 spiro atoms. The Morgan fingerprint density at radius 2 is 2.09 bits per heavy atom. The largest absolute Gasteiger partial charge is 0.465 e. The second kappa shape index (κ2) is 5.13.